The third-order valence-corrected chi connectivity index (χ3v) is 5.74. The fourth-order valence-electron chi connectivity index (χ4n) is 3.70. The van der Waals surface area contributed by atoms with Crippen molar-refractivity contribution >= 4 is 44.6 Å². The predicted octanol–water partition coefficient (Wildman–Crippen LogP) is 5.64. The Kier molecular flexibility index (Phi) is 7.29. The topological polar surface area (TPSA) is 60.8 Å². The Hall–Kier alpha value is -2.80. The molecule has 170 valence electrons. The Morgan fingerprint density at radius 1 is 1.06 bits per heavy atom. The summed E-state index contributed by atoms with van der Waals surface area (Å²) in [6.07, 6.45) is 0.706. The van der Waals surface area contributed by atoms with E-state index in [0.29, 0.717) is 18.7 Å². The molecule has 0 aliphatic rings. The second kappa shape index (κ2) is 9.77. The van der Waals surface area contributed by atoms with Crippen molar-refractivity contribution in [2.24, 2.45) is 0 Å². The van der Waals surface area contributed by atoms with Crippen molar-refractivity contribution in [3.63, 3.8) is 0 Å². The molecule has 0 aliphatic carbocycles. The molecule has 0 aliphatic heterocycles. The highest BCUT2D eigenvalue weighted by Gasteiger charge is 2.26. The summed E-state index contributed by atoms with van der Waals surface area (Å²) in [5.41, 5.74) is 3.20. The summed E-state index contributed by atoms with van der Waals surface area (Å²) in [7, 11) is 0. The molecule has 3 rings (SSSR count). The van der Waals surface area contributed by atoms with Crippen LogP contribution in [0.15, 0.2) is 48.5 Å². The van der Waals surface area contributed by atoms with Gasteiger partial charge in [-0.25, -0.2) is 8.72 Å². The minimum absolute atomic E-state index is 0.152. The van der Waals surface area contributed by atoms with Gasteiger partial charge < -0.3 is 14.0 Å². The summed E-state index contributed by atoms with van der Waals surface area (Å²) in [6.45, 7) is 9.43. The van der Waals surface area contributed by atoms with Gasteiger partial charge in [-0.05, 0) is 44.9 Å². The smallest absolute Gasteiger partial charge is 0.344 e. The number of carbonyl (C=O) groups excluding carboxylic acids is 2. The normalized spacial score (nSPS) is 11.4. The number of hydrogen-bond acceptors (Lipinski definition) is 4. The lowest BCUT2D eigenvalue weighted by Crippen LogP contribution is -2.27. The third-order valence-electron chi connectivity index (χ3n) is 4.89. The number of esters is 1. The minimum atomic E-state index is -0.590. The van der Waals surface area contributed by atoms with Crippen LogP contribution in [0.25, 0.3) is 10.9 Å². The van der Waals surface area contributed by atoms with Crippen LogP contribution in [0.5, 0.6) is 5.75 Å². The maximum Gasteiger partial charge on any atom is 0.344 e. The maximum absolute atomic E-state index is 12.3. The molecule has 7 heteroatoms. The molecule has 0 unspecified atom stereocenters. The predicted molar refractivity (Wildman–Crippen MR) is 130 cm³/mol. The fourth-order valence-corrected chi connectivity index (χ4v) is 4.08. The van der Waals surface area contributed by atoms with Crippen LogP contribution >= 0.6 is 16.1 Å². The highest BCUT2D eigenvalue weighted by atomic mass is 79.9. The number of hydrogen-bond donors (Lipinski definition) is 0. The van der Waals surface area contributed by atoms with Crippen molar-refractivity contribution in [2.75, 3.05) is 10.5 Å². The second-order valence-electron chi connectivity index (χ2n) is 8.55. The van der Waals surface area contributed by atoms with Gasteiger partial charge in [-0.3, -0.25) is 4.79 Å². The molecule has 0 radical (unpaired) electrons. The first kappa shape index (κ1) is 23.9. The van der Waals surface area contributed by atoms with Crippen molar-refractivity contribution < 1.29 is 19.1 Å². The number of rotatable bonds is 7. The highest BCUT2D eigenvalue weighted by molar-refractivity contribution is 9.10. The number of ether oxygens (including phenoxy) is 2. The van der Waals surface area contributed by atoms with E-state index in [2.05, 4.69) is 39.8 Å². The summed E-state index contributed by atoms with van der Waals surface area (Å²) in [6, 6.07) is 15.9. The van der Waals surface area contributed by atoms with E-state index in [9.17, 15) is 9.59 Å². The lowest BCUT2D eigenvalue weighted by molar-refractivity contribution is -0.157. The summed E-state index contributed by atoms with van der Waals surface area (Å²) in [5.74, 6) is -0.0753. The van der Waals surface area contributed by atoms with Crippen LogP contribution in [-0.4, -0.2) is 28.7 Å². The molecule has 0 saturated carbocycles. The van der Waals surface area contributed by atoms with Crippen LogP contribution in [0.4, 0.5) is 5.69 Å². The van der Waals surface area contributed by atoms with Crippen LogP contribution in [0.1, 0.15) is 45.9 Å². The summed E-state index contributed by atoms with van der Waals surface area (Å²) < 4.78 is 14.9. The van der Waals surface area contributed by atoms with Crippen molar-refractivity contribution in [1.29, 1.82) is 0 Å². The Bertz CT molecular complexity index is 1120. The summed E-state index contributed by atoms with van der Waals surface area (Å²) >= 11 is 3.44. The zero-order chi connectivity index (χ0) is 23.5. The molecule has 2 aromatic carbocycles. The number of benzene rings is 2. The first-order valence-electron chi connectivity index (χ1n) is 10.6. The van der Waals surface area contributed by atoms with Crippen molar-refractivity contribution in [2.45, 2.75) is 53.2 Å². The number of fused-ring (bicyclic) bond motifs is 1. The molecular formula is C25H29BrN2O4. The average molecular weight is 501 g/mol. The van der Waals surface area contributed by atoms with Crippen LogP contribution in [0.2, 0.25) is 0 Å². The molecule has 6 nitrogen and oxygen atoms in total. The largest absolute Gasteiger partial charge is 0.481 e. The number of amides is 1. The van der Waals surface area contributed by atoms with Crippen molar-refractivity contribution in [3.8, 4) is 5.75 Å². The molecule has 1 amide bonds. The molecule has 3 aromatic rings. The second-order valence-corrected chi connectivity index (χ2v) is 9.26. The minimum Gasteiger partial charge on any atom is -0.481 e. The van der Waals surface area contributed by atoms with Gasteiger partial charge in [0.2, 0.25) is 5.91 Å². The van der Waals surface area contributed by atoms with E-state index in [4.69, 9.17) is 9.47 Å². The first-order chi connectivity index (χ1) is 15.1. The van der Waals surface area contributed by atoms with Gasteiger partial charge >= 0.3 is 5.97 Å². The Labute approximate surface area is 197 Å². The lowest BCUT2D eigenvalue weighted by Gasteiger charge is -2.20. The summed E-state index contributed by atoms with van der Waals surface area (Å²) in [4.78, 5) is 24.6. The van der Waals surface area contributed by atoms with Crippen LogP contribution in [-0.2, 0) is 27.3 Å². The summed E-state index contributed by atoms with van der Waals surface area (Å²) in [5, 5.41) is 0.774. The first-order valence-corrected chi connectivity index (χ1v) is 11.3. The van der Waals surface area contributed by atoms with E-state index in [1.807, 2.05) is 57.2 Å². The quantitative estimate of drug-likeness (QED) is 0.311. The van der Waals surface area contributed by atoms with Gasteiger partial charge in [0, 0.05) is 19.2 Å². The van der Waals surface area contributed by atoms with Gasteiger partial charge in [0.25, 0.3) is 0 Å². The third kappa shape index (κ3) is 5.33. The number of carbonyl (C=O) groups is 2. The zero-order valence-electron chi connectivity index (χ0n) is 19.1. The Balaban J connectivity index is 2.11. The molecule has 1 aromatic heterocycles. The van der Waals surface area contributed by atoms with Gasteiger partial charge in [0.05, 0.1) is 32.7 Å². The molecule has 0 atom stereocenters. The molecule has 0 bridgehead atoms. The average Bonchev–Trinajstić information content (AvgIpc) is 3.05. The van der Waals surface area contributed by atoms with Crippen molar-refractivity contribution in [3.05, 3.63) is 59.8 Å². The SMILES string of the molecule is CCc1c(N(Br)C(C)=O)c2c(OCC(=O)OC(C)(C)C)cccc2n1Cc1ccccc1. The Morgan fingerprint density at radius 2 is 1.75 bits per heavy atom. The zero-order valence-corrected chi connectivity index (χ0v) is 20.7. The fraction of sp³-hybridized carbons (Fsp3) is 0.360. The van der Waals surface area contributed by atoms with E-state index < -0.39 is 11.6 Å². The molecule has 1 heterocycles. The monoisotopic (exact) mass is 500 g/mol. The maximum atomic E-state index is 12.3. The standard InChI is InChI=1S/C25H29BrN2O4/c1-6-19-24(28(26)17(2)29)23-20(27(19)15-18-11-8-7-9-12-18)13-10-14-21(23)31-16-22(30)32-25(3,4)5/h7-14H,6,15-16H2,1-5H3. The molecule has 32 heavy (non-hydrogen) atoms. The van der Waals surface area contributed by atoms with E-state index in [0.717, 1.165) is 27.8 Å². The number of anilines is 1. The van der Waals surface area contributed by atoms with Crippen LogP contribution in [0, 0.1) is 0 Å². The molecule has 0 spiro atoms. The van der Waals surface area contributed by atoms with E-state index >= 15 is 0 Å². The molecular weight excluding hydrogens is 472 g/mol. The lowest BCUT2D eigenvalue weighted by atomic mass is 10.2. The van der Waals surface area contributed by atoms with Gasteiger partial charge in [-0.2, -0.15) is 0 Å². The van der Waals surface area contributed by atoms with E-state index in [1.54, 1.807) is 0 Å². The van der Waals surface area contributed by atoms with Gasteiger partial charge in [0.15, 0.2) is 6.61 Å². The number of nitrogens with zero attached hydrogens (tertiary/aromatic N) is 2. The van der Waals surface area contributed by atoms with Gasteiger partial charge in [0.1, 0.15) is 11.4 Å². The van der Waals surface area contributed by atoms with E-state index in [1.165, 1.54) is 10.8 Å². The van der Waals surface area contributed by atoms with Gasteiger partial charge in [-0.1, -0.05) is 43.3 Å². The molecule has 0 saturated heterocycles. The van der Waals surface area contributed by atoms with Crippen LogP contribution < -0.4 is 8.66 Å². The Morgan fingerprint density at radius 3 is 2.34 bits per heavy atom. The van der Waals surface area contributed by atoms with Crippen LogP contribution in [0.3, 0.4) is 0 Å². The molecule has 0 fully saturated rings. The number of aromatic nitrogens is 1. The van der Waals surface area contributed by atoms with Gasteiger partial charge in [-0.15, -0.1) is 0 Å². The molecule has 0 N–H and O–H groups in total. The van der Waals surface area contributed by atoms with E-state index in [-0.39, 0.29) is 12.5 Å². The van der Waals surface area contributed by atoms with Crippen molar-refractivity contribution in [1.82, 2.24) is 4.57 Å². The number of halogens is 1. The highest BCUT2D eigenvalue weighted by Crippen LogP contribution is 2.42.